The first-order valence-corrected chi connectivity index (χ1v) is 9.83. The van der Waals surface area contributed by atoms with E-state index in [9.17, 15) is 0 Å². The van der Waals surface area contributed by atoms with E-state index in [-0.39, 0.29) is 0 Å². The molecule has 6 heteroatoms. The molecule has 2 heterocycles. The molecule has 0 saturated carbocycles. The third kappa shape index (κ3) is 4.42. The third-order valence-electron chi connectivity index (χ3n) is 5.22. The van der Waals surface area contributed by atoms with Crippen molar-refractivity contribution in [2.45, 2.75) is 13.8 Å². The topological polar surface area (TPSA) is 50.7 Å². The highest BCUT2D eigenvalue weighted by Crippen LogP contribution is 2.27. The van der Waals surface area contributed by atoms with E-state index in [1.54, 1.807) is 13.4 Å². The summed E-state index contributed by atoms with van der Waals surface area (Å²) < 4.78 is 11.1. The minimum Gasteiger partial charge on any atom is -0.497 e. The molecule has 1 aliphatic rings. The van der Waals surface area contributed by atoms with E-state index in [0.29, 0.717) is 5.88 Å². The molecule has 0 spiro atoms. The van der Waals surface area contributed by atoms with E-state index in [1.165, 1.54) is 16.8 Å². The van der Waals surface area contributed by atoms with E-state index in [1.807, 2.05) is 30.3 Å². The molecule has 1 fully saturated rings. The number of hydrogen-bond acceptors (Lipinski definition) is 6. The fourth-order valence-electron chi connectivity index (χ4n) is 3.56. The Bertz CT molecular complexity index is 967. The minimum absolute atomic E-state index is 0.539. The van der Waals surface area contributed by atoms with Crippen LogP contribution in [0.4, 0.5) is 11.5 Å². The Kier molecular flexibility index (Phi) is 5.51. The number of aromatic nitrogens is 2. The number of piperazine rings is 1. The van der Waals surface area contributed by atoms with Gasteiger partial charge in [-0.25, -0.2) is 9.97 Å². The maximum absolute atomic E-state index is 5.88. The van der Waals surface area contributed by atoms with Crippen LogP contribution in [0.15, 0.2) is 54.9 Å². The second-order valence-electron chi connectivity index (χ2n) is 7.26. The fourth-order valence-corrected chi connectivity index (χ4v) is 3.56. The van der Waals surface area contributed by atoms with E-state index in [0.717, 1.165) is 43.5 Å². The molecule has 0 radical (unpaired) electrons. The van der Waals surface area contributed by atoms with Crippen LogP contribution in [0.25, 0.3) is 0 Å². The molecular formula is C23H26N4O2. The third-order valence-corrected chi connectivity index (χ3v) is 5.22. The smallest absolute Gasteiger partial charge is 0.224 e. The van der Waals surface area contributed by atoms with Crippen molar-refractivity contribution in [3.63, 3.8) is 0 Å². The van der Waals surface area contributed by atoms with E-state index < -0.39 is 0 Å². The molecule has 4 rings (SSSR count). The van der Waals surface area contributed by atoms with Gasteiger partial charge in [0.05, 0.1) is 7.11 Å². The van der Waals surface area contributed by atoms with E-state index in [4.69, 9.17) is 9.47 Å². The van der Waals surface area contributed by atoms with Crippen LogP contribution in [0.3, 0.4) is 0 Å². The van der Waals surface area contributed by atoms with Crippen molar-refractivity contribution < 1.29 is 9.47 Å². The molecule has 0 aliphatic carbocycles. The van der Waals surface area contributed by atoms with Gasteiger partial charge >= 0.3 is 0 Å². The first-order valence-electron chi connectivity index (χ1n) is 9.83. The van der Waals surface area contributed by atoms with Crippen molar-refractivity contribution in [2.75, 3.05) is 43.1 Å². The van der Waals surface area contributed by atoms with Gasteiger partial charge in [-0.1, -0.05) is 12.1 Å². The summed E-state index contributed by atoms with van der Waals surface area (Å²) in [6.07, 6.45) is 1.56. The van der Waals surface area contributed by atoms with Gasteiger partial charge < -0.3 is 19.3 Å². The fraction of sp³-hybridized carbons (Fsp3) is 0.304. The molecule has 1 aliphatic heterocycles. The normalized spacial score (nSPS) is 14.0. The van der Waals surface area contributed by atoms with Gasteiger partial charge in [0, 0.05) is 37.9 Å². The van der Waals surface area contributed by atoms with Crippen LogP contribution in [0.5, 0.6) is 17.4 Å². The molecule has 3 aromatic rings. The Labute approximate surface area is 171 Å². The lowest BCUT2D eigenvalue weighted by molar-refractivity contribution is 0.412. The number of methoxy groups -OCH3 is 1. The number of anilines is 2. The summed E-state index contributed by atoms with van der Waals surface area (Å²) in [5, 5.41) is 0. The number of aryl methyl sites for hydroxylation is 2. The molecule has 0 amide bonds. The number of nitrogens with zero attached hydrogens (tertiary/aromatic N) is 4. The van der Waals surface area contributed by atoms with Crippen molar-refractivity contribution in [3.8, 4) is 17.4 Å². The molecule has 2 aromatic carbocycles. The van der Waals surface area contributed by atoms with Gasteiger partial charge in [-0.15, -0.1) is 0 Å². The predicted molar refractivity (Wildman–Crippen MR) is 115 cm³/mol. The zero-order chi connectivity index (χ0) is 20.2. The van der Waals surface area contributed by atoms with Crippen LogP contribution in [-0.4, -0.2) is 43.3 Å². The molecular weight excluding hydrogens is 364 g/mol. The average molecular weight is 390 g/mol. The Morgan fingerprint density at radius 1 is 0.793 bits per heavy atom. The standard InChI is InChI=1S/C23H26N4O2/c1-17-4-5-18(2)21(14-17)26-10-12-27(13-11-26)22-15-23(25-16-24-22)29-20-8-6-19(28-3)7-9-20/h4-9,14-16H,10-13H2,1-3H3. The summed E-state index contributed by atoms with van der Waals surface area (Å²) in [4.78, 5) is 13.4. The molecule has 29 heavy (non-hydrogen) atoms. The van der Waals surface area contributed by atoms with Crippen LogP contribution in [0, 0.1) is 13.8 Å². The highest BCUT2D eigenvalue weighted by atomic mass is 16.5. The Balaban J connectivity index is 1.42. The lowest BCUT2D eigenvalue weighted by Gasteiger charge is -2.37. The van der Waals surface area contributed by atoms with Crippen LogP contribution in [0.2, 0.25) is 0 Å². The second-order valence-corrected chi connectivity index (χ2v) is 7.26. The predicted octanol–water partition coefficient (Wildman–Crippen LogP) is 4.22. The van der Waals surface area contributed by atoms with Crippen molar-refractivity contribution >= 4 is 11.5 Å². The first kappa shape index (κ1) is 19.1. The molecule has 0 unspecified atom stereocenters. The van der Waals surface area contributed by atoms with Gasteiger partial charge in [0.25, 0.3) is 0 Å². The van der Waals surface area contributed by atoms with Crippen LogP contribution >= 0.6 is 0 Å². The van der Waals surface area contributed by atoms with Gasteiger partial charge in [0.15, 0.2) is 0 Å². The van der Waals surface area contributed by atoms with Gasteiger partial charge in [0.1, 0.15) is 23.6 Å². The van der Waals surface area contributed by atoms with Crippen molar-refractivity contribution in [2.24, 2.45) is 0 Å². The van der Waals surface area contributed by atoms with Crippen LogP contribution in [0.1, 0.15) is 11.1 Å². The first-order chi connectivity index (χ1) is 14.1. The van der Waals surface area contributed by atoms with Gasteiger partial charge in [0.2, 0.25) is 5.88 Å². The van der Waals surface area contributed by atoms with Crippen molar-refractivity contribution in [1.82, 2.24) is 9.97 Å². The molecule has 1 saturated heterocycles. The van der Waals surface area contributed by atoms with Crippen molar-refractivity contribution in [3.05, 3.63) is 66.0 Å². The number of benzene rings is 2. The molecule has 0 atom stereocenters. The lowest BCUT2D eigenvalue weighted by atomic mass is 10.1. The monoisotopic (exact) mass is 390 g/mol. The summed E-state index contributed by atoms with van der Waals surface area (Å²) in [5.74, 6) is 2.94. The summed E-state index contributed by atoms with van der Waals surface area (Å²) >= 11 is 0. The van der Waals surface area contributed by atoms with Gasteiger partial charge in [-0.05, 0) is 55.3 Å². The number of hydrogen-bond donors (Lipinski definition) is 0. The Morgan fingerprint density at radius 3 is 2.21 bits per heavy atom. The summed E-state index contributed by atoms with van der Waals surface area (Å²) in [6, 6.07) is 16.0. The van der Waals surface area contributed by atoms with Crippen molar-refractivity contribution in [1.29, 1.82) is 0 Å². The summed E-state index contributed by atoms with van der Waals surface area (Å²) in [5.41, 5.74) is 3.95. The van der Waals surface area contributed by atoms with E-state index in [2.05, 4.69) is 51.8 Å². The summed E-state index contributed by atoms with van der Waals surface area (Å²) in [7, 11) is 1.65. The quantitative estimate of drug-likeness (QED) is 0.650. The van der Waals surface area contributed by atoms with Gasteiger partial charge in [-0.2, -0.15) is 0 Å². The Hall–Kier alpha value is -3.28. The maximum atomic E-state index is 5.88. The SMILES string of the molecule is COc1ccc(Oc2cc(N3CCN(c4cc(C)ccc4C)CC3)ncn2)cc1. The molecule has 150 valence electrons. The van der Waals surface area contributed by atoms with Gasteiger partial charge in [-0.3, -0.25) is 0 Å². The second kappa shape index (κ2) is 8.39. The summed E-state index contributed by atoms with van der Waals surface area (Å²) in [6.45, 7) is 8.06. The zero-order valence-corrected chi connectivity index (χ0v) is 17.1. The highest BCUT2D eigenvalue weighted by Gasteiger charge is 2.20. The molecule has 0 N–H and O–H groups in total. The molecule has 6 nitrogen and oxygen atoms in total. The molecule has 1 aromatic heterocycles. The minimum atomic E-state index is 0.539. The zero-order valence-electron chi connectivity index (χ0n) is 17.1. The maximum Gasteiger partial charge on any atom is 0.224 e. The molecule has 0 bridgehead atoms. The van der Waals surface area contributed by atoms with Crippen LogP contribution < -0.4 is 19.3 Å². The number of rotatable bonds is 5. The van der Waals surface area contributed by atoms with E-state index >= 15 is 0 Å². The van der Waals surface area contributed by atoms with Crippen LogP contribution in [-0.2, 0) is 0 Å². The Morgan fingerprint density at radius 2 is 1.48 bits per heavy atom. The lowest BCUT2D eigenvalue weighted by Crippen LogP contribution is -2.47. The largest absolute Gasteiger partial charge is 0.497 e. The highest BCUT2D eigenvalue weighted by molar-refractivity contribution is 5.56. The average Bonchev–Trinajstić information content (AvgIpc) is 2.76. The number of ether oxygens (including phenoxy) is 2.